The fourth-order valence-electron chi connectivity index (χ4n) is 3.98. The summed E-state index contributed by atoms with van der Waals surface area (Å²) in [4.78, 5) is 21.0. The number of para-hydroxylation sites is 2. The van der Waals surface area contributed by atoms with Crippen molar-refractivity contribution >= 4 is 11.0 Å². The average molecular weight is 392 g/mol. The lowest BCUT2D eigenvalue weighted by atomic mass is 9.91. The molecule has 1 fully saturated rings. The second kappa shape index (κ2) is 7.33. The number of imidazole rings is 1. The number of nitrogens with one attached hydrogen (secondary N) is 2. The zero-order chi connectivity index (χ0) is 19.8. The Balaban J connectivity index is 1.65. The highest BCUT2D eigenvalue weighted by Crippen LogP contribution is 2.28. The smallest absolute Gasteiger partial charge is 0.277 e. The molecule has 0 aliphatic carbocycles. The van der Waals surface area contributed by atoms with E-state index in [-0.39, 0.29) is 11.4 Å². The number of rotatable bonds is 4. The van der Waals surface area contributed by atoms with Crippen LogP contribution in [-0.2, 0) is 11.2 Å². The standard InChI is InChI=1S/C22H21FN4O2/c23-17-6-2-1-5-15(17)20-16(13-14-9-11-29-12-10-14)21(28)27(26-20)22-24-18-7-3-4-8-19(18)25-22/h1-8,14,26H,9-13H2,(H,24,25). The van der Waals surface area contributed by atoms with Gasteiger partial charge in [0.1, 0.15) is 5.82 Å². The molecule has 0 atom stereocenters. The second-order valence-electron chi connectivity index (χ2n) is 7.42. The van der Waals surface area contributed by atoms with E-state index in [1.54, 1.807) is 18.2 Å². The van der Waals surface area contributed by atoms with Crippen molar-refractivity contribution in [2.45, 2.75) is 19.3 Å². The number of nitrogens with zero attached hydrogens (tertiary/aromatic N) is 2. The molecule has 2 aromatic carbocycles. The molecule has 0 amide bonds. The number of hydrogen-bond acceptors (Lipinski definition) is 3. The highest BCUT2D eigenvalue weighted by molar-refractivity contribution is 5.76. The molecule has 0 bridgehead atoms. The van der Waals surface area contributed by atoms with E-state index in [1.165, 1.54) is 10.7 Å². The van der Waals surface area contributed by atoms with Crippen molar-refractivity contribution in [1.82, 2.24) is 19.7 Å². The van der Waals surface area contributed by atoms with Crippen molar-refractivity contribution in [3.8, 4) is 17.2 Å². The Bertz CT molecular complexity index is 1180. The van der Waals surface area contributed by atoms with E-state index in [0.29, 0.717) is 48.3 Å². The van der Waals surface area contributed by atoms with Gasteiger partial charge in [0, 0.05) is 24.3 Å². The van der Waals surface area contributed by atoms with Crippen LogP contribution in [0.2, 0.25) is 0 Å². The molecule has 148 valence electrons. The van der Waals surface area contributed by atoms with Crippen molar-refractivity contribution in [3.63, 3.8) is 0 Å². The number of hydrogen-bond donors (Lipinski definition) is 2. The van der Waals surface area contributed by atoms with Crippen LogP contribution in [0, 0.1) is 11.7 Å². The van der Waals surface area contributed by atoms with Gasteiger partial charge in [0.05, 0.1) is 16.7 Å². The molecular weight excluding hydrogens is 371 g/mol. The van der Waals surface area contributed by atoms with Gasteiger partial charge in [0.15, 0.2) is 0 Å². The minimum atomic E-state index is -0.362. The van der Waals surface area contributed by atoms with Gasteiger partial charge in [-0.15, -0.1) is 0 Å². The summed E-state index contributed by atoms with van der Waals surface area (Å²) in [5, 5.41) is 3.11. The van der Waals surface area contributed by atoms with Crippen LogP contribution in [0.4, 0.5) is 4.39 Å². The summed E-state index contributed by atoms with van der Waals surface area (Å²) < 4.78 is 21.4. The predicted octanol–water partition coefficient (Wildman–Crippen LogP) is 3.82. The Hall–Kier alpha value is -3.19. The van der Waals surface area contributed by atoms with E-state index < -0.39 is 0 Å². The largest absolute Gasteiger partial charge is 0.381 e. The highest BCUT2D eigenvalue weighted by Gasteiger charge is 2.24. The molecule has 7 heteroatoms. The SMILES string of the molecule is O=c1c(CC2CCOCC2)c(-c2ccccc2F)[nH]n1-c1nc2ccccc2[nH]1. The summed E-state index contributed by atoms with van der Waals surface area (Å²) in [6.07, 6.45) is 2.37. The molecule has 4 aromatic rings. The first-order chi connectivity index (χ1) is 14.2. The molecule has 0 saturated carbocycles. The third-order valence-corrected chi connectivity index (χ3v) is 5.55. The molecule has 6 nitrogen and oxygen atoms in total. The van der Waals surface area contributed by atoms with Crippen LogP contribution in [-0.4, -0.2) is 33.0 Å². The maximum absolute atomic E-state index is 14.6. The van der Waals surface area contributed by atoms with Gasteiger partial charge < -0.3 is 9.72 Å². The number of fused-ring (bicyclic) bond motifs is 1. The molecule has 29 heavy (non-hydrogen) atoms. The Kier molecular flexibility index (Phi) is 4.52. The van der Waals surface area contributed by atoms with Crippen LogP contribution in [0.5, 0.6) is 0 Å². The number of H-pyrrole nitrogens is 2. The summed E-state index contributed by atoms with van der Waals surface area (Å²) in [7, 11) is 0. The first-order valence-electron chi connectivity index (χ1n) is 9.82. The molecule has 0 spiro atoms. The van der Waals surface area contributed by atoms with Crippen molar-refractivity contribution in [1.29, 1.82) is 0 Å². The van der Waals surface area contributed by atoms with Crippen LogP contribution in [0.3, 0.4) is 0 Å². The van der Waals surface area contributed by atoms with E-state index in [9.17, 15) is 9.18 Å². The molecule has 1 aliphatic heterocycles. The molecule has 2 aromatic heterocycles. The Morgan fingerprint density at radius 1 is 1.10 bits per heavy atom. The third-order valence-electron chi connectivity index (χ3n) is 5.55. The van der Waals surface area contributed by atoms with Crippen LogP contribution in [0.15, 0.2) is 53.3 Å². The van der Waals surface area contributed by atoms with Crippen molar-refractivity contribution in [2.24, 2.45) is 5.92 Å². The number of aromatic amines is 2. The Morgan fingerprint density at radius 3 is 2.66 bits per heavy atom. The normalized spacial score (nSPS) is 15.2. The first kappa shape index (κ1) is 17.9. The average Bonchev–Trinajstić information content (AvgIpc) is 3.31. The van der Waals surface area contributed by atoms with Gasteiger partial charge in [0.2, 0.25) is 5.95 Å². The van der Waals surface area contributed by atoms with E-state index in [0.717, 1.165) is 23.9 Å². The first-order valence-corrected chi connectivity index (χ1v) is 9.82. The van der Waals surface area contributed by atoms with Crippen LogP contribution >= 0.6 is 0 Å². The Labute approximate surface area is 166 Å². The van der Waals surface area contributed by atoms with E-state index >= 15 is 0 Å². The summed E-state index contributed by atoms with van der Waals surface area (Å²) in [5.41, 5.74) is 2.89. The molecule has 2 N–H and O–H groups in total. The summed E-state index contributed by atoms with van der Waals surface area (Å²) >= 11 is 0. The zero-order valence-electron chi connectivity index (χ0n) is 15.8. The quantitative estimate of drug-likeness (QED) is 0.554. The van der Waals surface area contributed by atoms with Crippen molar-refractivity contribution in [2.75, 3.05) is 13.2 Å². The van der Waals surface area contributed by atoms with Gasteiger partial charge >= 0.3 is 0 Å². The molecule has 1 aliphatic rings. The maximum atomic E-state index is 14.6. The monoisotopic (exact) mass is 392 g/mol. The summed E-state index contributed by atoms with van der Waals surface area (Å²) in [6.45, 7) is 1.39. The molecule has 3 heterocycles. The summed E-state index contributed by atoms with van der Waals surface area (Å²) in [6, 6.07) is 14.1. The van der Waals surface area contributed by atoms with E-state index in [4.69, 9.17) is 4.74 Å². The van der Waals surface area contributed by atoms with Gasteiger partial charge in [-0.2, -0.15) is 4.68 Å². The number of ether oxygens (including phenoxy) is 1. The fraction of sp³-hybridized carbons (Fsp3) is 0.273. The molecule has 0 radical (unpaired) electrons. The van der Waals surface area contributed by atoms with E-state index in [2.05, 4.69) is 15.1 Å². The van der Waals surface area contributed by atoms with Gasteiger partial charge in [-0.25, -0.2) is 9.37 Å². The number of halogens is 1. The minimum absolute atomic E-state index is 0.200. The van der Waals surface area contributed by atoms with Gasteiger partial charge in [-0.05, 0) is 49.4 Å². The van der Waals surface area contributed by atoms with Gasteiger partial charge in [-0.3, -0.25) is 9.89 Å². The maximum Gasteiger partial charge on any atom is 0.277 e. The number of benzene rings is 2. The predicted molar refractivity (Wildman–Crippen MR) is 109 cm³/mol. The van der Waals surface area contributed by atoms with Crippen LogP contribution in [0.25, 0.3) is 28.2 Å². The highest BCUT2D eigenvalue weighted by atomic mass is 19.1. The second-order valence-corrected chi connectivity index (χ2v) is 7.42. The third kappa shape index (κ3) is 3.27. The topological polar surface area (TPSA) is 75.7 Å². The zero-order valence-corrected chi connectivity index (χ0v) is 15.8. The lowest BCUT2D eigenvalue weighted by Crippen LogP contribution is -2.23. The lowest BCUT2D eigenvalue weighted by Gasteiger charge is -2.21. The molecule has 0 unspecified atom stereocenters. The van der Waals surface area contributed by atoms with E-state index in [1.807, 2.05) is 24.3 Å². The lowest BCUT2D eigenvalue weighted by molar-refractivity contribution is 0.0665. The fourth-order valence-corrected chi connectivity index (χ4v) is 3.98. The van der Waals surface area contributed by atoms with Crippen molar-refractivity contribution in [3.05, 3.63) is 70.3 Å². The van der Waals surface area contributed by atoms with Gasteiger partial charge in [-0.1, -0.05) is 24.3 Å². The minimum Gasteiger partial charge on any atom is -0.381 e. The van der Waals surface area contributed by atoms with Crippen LogP contribution < -0.4 is 5.56 Å². The van der Waals surface area contributed by atoms with Gasteiger partial charge in [0.25, 0.3) is 5.56 Å². The molecular formula is C22H21FN4O2. The number of aromatic nitrogens is 4. The molecule has 5 rings (SSSR count). The van der Waals surface area contributed by atoms with Crippen LogP contribution in [0.1, 0.15) is 18.4 Å². The summed E-state index contributed by atoms with van der Waals surface area (Å²) in [5.74, 6) is 0.368. The molecule has 1 saturated heterocycles. The van der Waals surface area contributed by atoms with Crippen molar-refractivity contribution < 1.29 is 9.13 Å². The Morgan fingerprint density at radius 2 is 1.86 bits per heavy atom.